The van der Waals surface area contributed by atoms with Crippen molar-refractivity contribution in [3.8, 4) is 0 Å². The maximum absolute atomic E-state index is 15.2. The van der Waals surface area contributed by atoms with Crippen LogP contribution in [0.2, 0.25) is 0 Å². The zero-order valence-corrected chi connectivity index (χ0v) is 29.7. The van der Waals surface area contributed by atoms with Gasteiger partial charge in [0, 0.05) is 31.0 Å². The number of fused-ring (bicyclic) bond motifs is 1. The summed E-state index contributed by atoms with van der Waals surface area (Å²) in [6, 6.07) is -6.21. The lowest BCUT2D eigenvalue weighted by molar-refractivity contribution is -0.146. The molecule has 51 heavy (non-hydrogen) atoms. The lowest BCUT2D eigenvalue weighted by Crippen LogP contribution is -2.63. The number of carbonyl (C=O) groups excluding carboxylic acids is 6. The fourth-order valence-electron chi connectivity index (χ4n) is 7.42. The number of alkyl halides is 2. The van der Waals surface area contributed by atoms with Gasteiger partial charge in [0.2, 0.25) is 23.5 Å². The summed E-state index contributed by atoms with van der Waals surface area (Å²) in [6.45, 7) is 5.72. The van der Waals surface area contributed by atoms with Crippen LogP contribution in [0.5, 0.6) is 0 Å². The number of amides is 5. The van der Waals surface area contributed by atoms with Crippen molar-refractivity contribution in [1.29, 1.82) is 0 Å². The van der Waals surface area contributed by atoms with Crippen molar-refractivity contribution in [1.82, 2.24) is 41.5 Å². The first kappa shape index (κ1) is 38.2. The summed E-state index contributed by atoms with van der Waals surface area (Å²) in [4.78, 5) is 90.5. The van der Waals surface area contributed by atoms with Crippen molar-refractivity contribution < 1.29 is 37.5 Å². The second kappa shape index (κ2) is 15.7. The first-order valence-electron chi connectivity index (χ1n) is 18.1. The summed E-state index contributed by atoms with van der Waals surface area (Å²) in [5.41, 5.74) is -0.944. The van der Waals surface area contributed by atoms with E-state index in [1.165, 1.54) is 18.6 Å². The number of likely N-dealkylation sites (tertiary alicyclic amines) is 1. The highest BCUT2D eigenvalue weighted by Gasteiger charge is 2.62. The Kier molecular flexibility index (Phi) is 11.7. The minimum Gasteiger partial charge on any atom is -0.347 e. The molecule has 16 heteroatoms. The fourth-order valence-corrected chi connectivity index (χ4v) is 7.42. The average Bonchev–Trinajstić information content (AvgIpc) is 3.74. The summed E-state index contributed by atoms with van der Waals surface area (Å²) in [7, 11) is 0. The normalized spacial score (nSPS) is 24.8. The molecule has 2 aliphatic carbocycles. The number of carbonyl (C=O) groups is 6. The molecule has 14 nitrogen and oxygen atoms in total. The maximum atomic E-state index is 15.2. The molecule has 4 fully saturated rings. The number of nitrogens with one attached hydrogen (secondary N) is 5. The predicted octanol–water partition coefficient (Wildman–Crippen LogP) is 1.25. The monoisotopic (exact) mass is 716 g/mol. The van der Waals surface area contributed by atoms with Crippen LogP contribution in [0.3, 0.4) is 0 Å². The van der Waals surface area contributed by atoms with Gasteiger partial charge in [-0.25, -0.2) is 13.8 Å². The van der Waals surface area contributed by atoms with Gasteiger partial charge in [0.15, 0.2) is 0 Å². The first-order chi connectivity index (χ1) is 24.1. The summed E-state index contributed by atoms with van der Waals surface area (Å²) >= 11 is 0. The van der Waals surface area contributed by atoms with Crippen molar-refractivity contribution in [2.75, 3.05) is 13.1 Å². The highest BCUT2D eigenvalue weighted by molar-refractivity contribution is 6.38. The third-order valence-corrected chi connectivity index (χ3v) is 10.4. The molecule has 1 aromatic rings. The van der Waals surface area contributed by atoms with Crippen LogP contribution in [0.4, 0.5) is 8.78 Å². The van der Waals surface area contributed by atoms with Crippen LogP contribution in [-0.4, -0.2) is 105 Å². The zero-order valence-electron chi connectivity index (χ0n) is 29.7. The van der Waals surface area contributed by atoms with Crippen molar-refractivity contribution >= 4 is 35.3 Å². The van der Waals surface area contributed by atoms with Crippen LogP contribution in [0.1, 0.15) is 96.0 Å². The number of halogens is 2. The van der Waals surface area contributed by atoms with Gasteiger partial charge in [-0.1, -0.05) is 53.4 Å². The molecule has 2 aliphatic heterocycles. The van der Waals surface area contributed by atoms with E-state index in [0.717, 1.165) is 37.0 Å². The Labute approximate surface area is 296 Å². The molecule has 0 spiro atoms. The molecule has 6 atom stereocenters. The molecular weight excluding hydrogens is 666 g/mol. The Balaban J connectivity index is 1.39. The van der Waals surface area contributed by atoms with Crippen molar-refractivity contribution in [2.45, 2.75) is 128 Å². The molecule has 0 aromatic carbocycles. The third kappa shape index (κ3) is 8.87. The summed E-state index contributed by atoms with van der Waals surface area (Å²) in [5, 5.41) is 13.6. The minimum atomic E-state index is -3.24. The van der Waals surface area contributed by atoms with Crippen LogP contribution in [0.15, 0.2) is 18.6 Å². The highest BCUT2D eigenvalue weighted by Crippen LogP contribution is 2.41. The molecule has 1 unspecified atom stereocenters. The number of ketones is 1. The number of nitrogens with zero attached hydrogens (tertiary/aromatic N) is 3. The molecule has 4 aliphatic rings. The number of rotatable bonds is 13. The van der Waals surface area contributed by atoms with Crippen molar-refractivity contribution in [3.63, 3.8) is 0 Å². The SMILES string of the molecule is CCC[C@H](NC(=O)[C@@H]1C2NCC(F)(F)[C@H]2CN1C(=O)[C@@H](NC(=O)[C@@H](NC(=O)c1cnccn1)C1CCCCC1)C(C)(C)C)C(=O)C(=O)NC1CC1. The summed E-state index contributed by atoms with van der Waals surface area (Å²) < 4.78 is 30.4. The second-order valence-electron chi connectivity index (χ2n) is 15.4. The topological polar surface area (TPSA) is 192 Å². The van der Waals surface area contributed by atoms with E-state index in [0.29, 0.717) is 19.3 Å². The van der Waals surface area contributed by atoms with Gasteiger partial charge in [-0.3, -0.25) is 33.8 Å². The number of hydrogen-bond donors (Lipinski definition) is 5. The standard InChI is InChI=1S/C35H50F2N8O6/c1-5-9-22(27(46)32(50)41-20-12-13-20)42-31(49)26-25-21(35(36,37)18-40-25)17-45(26)33(51)28(34(2,3)4)44-30(48)24(19-10-7-6-8-11-19)43-29(47)23-16-38-14-15-39-23/h14-16,19-22,24-26,28,40H,5-13,17-18H2,1-4H3,(H,41,50)(H,42,49)(H,43,47)(H,44,48)/t21-,22-,24-,25?,26-,28+/m0/s1. The lowest BCUT2D eigenvalue weighted by atomic mass is 9.82. The van der Waals surface area contributed by atoms with Gasteiger partial charge in [-0.15, -0.1) is 0 Å². The van der Waals surface area contributed by atoms with E-state index in [1.807, 2.05) is 0 Å². The minimum absolute atomic E-state index is 0.0188. The van der Waals surface area contributed by atoms with Gasteiger partial charge < -0.3 is 31.5 Å². The van der Waals surface area contributed by atoms with Crippen LogP contribution in [0, 0.1) is 17.3 Å². The summed E-state index contributed by atoms with van der Waals surface area (Å²) in [6.07, 6.45) is 10.2. The maximum Gasteiger partial charge on any atom is 0.289 e. The lowest BCUT2D eigenvalue weighted by Gasteiger charge is -2.38. The van der Waals surface area contributed by atoms with E-state index < -0.39 is 95.9 Å². The quantitative estimate of drug-likeness (QED) is 0.187. The van der Waals surface area contributed by atoms with Crippen LogP contribution in [-0.2, 0) is 24.0 Å². The van der Waals surface area contributed by atoms with E-state index in [-0.39, 0.29) is 24.1 Å². The number of Topliss-reactive ketones (excluding diaryl/α,β-unsaturated/α-hetero) is 1. The summed E-state index contributed by atoms with van der Waals surface area (Å²) in [5.74, 6) is -9.37. The van der Waals surface area contributed by atoms with Crippen LogP contribution < -0.4 is 26.6 Å². The van der Waals surface area contributed by atoms with E-state index in [2.05, 4.69) is 36.6 Å². The van der Waals surface area contributed by atoms with Gasteiger partial charge in [-0.05, 0) is 43.4 Å². The van der Waals surface area contributed by atoms with E-state index in [1.54, 1.807) is 27.7 Å². The van der Waals surface area contributed by atoms with E-state index in [4.69, 9.17) is 0 Å². The molecule has 2 saturated carbocycles. The smallest absolute Gasteiger partial charge is 0.289 e. The first-order valence-corrected chi connectivity index (χ1v) is 18.1. The Bertz CT molecular complexity index is 1480. The molecule has 0 bridgehead atoms. The predicted molar refractivity (Wildman–Crippen MR) is 180 cm³/mol. The van der Waals surface area contributed by atoms with Crippen molar-refractivity contribution in [3.05, 3.63) is 24.3 Å². The molecule has 280 valence electrons. The molecule has 2 saturated heterocycles. The zero-order chi connectivity index (χ0) is 37.1. The van der Waals surface area contributed by atoms with Gasteiger partial charge in [0.25, 0.3) is 17.7 Å². The molecule has 0 radical (unpaired) electrons. The van der Waals surface area contributed by atoms with E-state index in [9.17, 15) is 28.8 Å². The fraction of sp³-hybridized carbons (Fsp3) is 0.714. The van der Waals surface area contributed by atoms with Gasteiger partial charge in [-0.2, -0.15) is 0 Å². The Hall–Kier alpha value is -4.08. The Morgan fingerprint density at radius 2 is 1.71 bits per heavy atom. The largest absolute Gasteiger partial charge is 0.347 e. The Morgan fingerprint density at radius 1 is 1.00 bits per heavy atom. The van der Waals surface area contributed by atoms with Crippen LogP contribution >= 0.6 is 0 Å². The van der Waals surface area contributed by atoms with E-state index >= 15 is 8.78 Å². The Morgan fingerprint density at radius 3 is 2.31 bits per heavy atom. The third-order valence-electron chi connectivity index (χ3n) is 10.4. The molecule has 5 N–H and O–H groups in total. The van der Waals surface area contributed by atoms with Gasteiger partial charge >= 0.3 is 0 Å². The average molecular weight is 717 g/mol. The molecule has 5 amide bonds. The molecule has 1 aromatic heterocycles. The van der Waals surface area contributed by atoms with Crippen LogP contribution in [0.25, 0.3) is 0 Å². The second-order valence-corrected chi connectivity index (χ2v) is 15.4. The molecule has 3 heterocycles. The highest BCUT2D eigenvalue weighted by atomic mass is 19.3. The number of aromatic nitrogens is 2. The van der Waals surface area contributed by atoms with Crippen molar-refractivity contribution in [2.24, 2.45) is 17.3 Å². The van der Waals surface area contributed by atoms with Gasteiger partial charge in [0.05, 0.1) is 24.7 Å². The number of hydrogen-bond acceptors (Lipinski definition) is 9. The van der Waals surface area contributed by atoms with Gasteiger partial charge in [0.1, 0.15) is 23.8 Å². The molecular formula is C35H50F2N8O6. The molecule has 5 rings (SSSR count).